The molecule has 1 heterocycles. The Kier molecular flexibility index (Phi) is 2.28. The maximum atomic E-state index is 11.4. The van der Waals surface area contributed by atoms with Crippen LogP contribution in [-0.2, 0) is 9.53 Å². The number of rotatable bonds is 1. The number of carbonyl (C=O) groups is 1. The van der Waals surface area contributed by atoms with Crippen molar-refractivity contribution in [3.05, 3.63) is 0 Å². The maximum absolute atomic E-state index is 11.4. The molecule has 0 aromatic heterocycles. The first-order valence-corrected chi connectivity index (χ1v) is 5.04. The zero-order chi connectivity index (χ0) is 9.42. The number of methoxy groups -OCH3 is 1. The van der Waals surface area contributed by atoms with E-state index >= 15 is 0 Å². The summed E-state index contributed by atoms with van der Waals surface area (Å²) in [6.07, 6.45) is 4.89. The second-order valence-corrected chi connectivity index (χ2v) is 4.20. The van der Waals surface area contributed by atoms with E-state index in [0.717, 1.165) is 12.3 Å². The molecule has 3 heteroatoms. The van der Waals surface area contributed by atoms with Crippen LogP contribution in [0.2, 0.25) is 0 Å². The van der Waals surface area contributed by atoms with Crippen LogP contribution < -0.4 is 0 Å². The van der Waals surface area contributed by atoms with Gasteiger partial charge >= 0.3 is 5.97 Å². The second kappa shape index (κ2) is 3.29. The molecule has 1 aliphatic heterocycles. The van der Waals surface area contributed by atoms with Gasteiger partial charge in [0.15, 0.2) is 0 Å². The van der Waals surface area contributed by atoms with Crippen LogP contribution in [0, 0.1) is 5.92 Å². The molecule has 0 bridgehead atoms. The summed E-state index contributed by atoms with van der Waals surface area (Å²) < 4.78 is 4.79. The highest BCUT2D eigenvalue weighted by molar-refractivity contribution is 5.76. The Hall–Kier alpha value is -0.570. The summed E-state index contributed by atoms with van der Waals surface area (Å²) in [7, 11) is 3.53. The topological polar surface area (TPSA) is 29.5 Å². The monoisotopic (exact) mass is 183 g/mol. The van der Waals surface area contributed by atoms with Gasteiger partial charge in [-0.3, -0.25) is 9.69 Å². The van der Waals surface area contributed by atoms with E-state index in [1.807, 2.05) is 0 Å². The summed E-state index contributed by atoms with van der Waals surface area (Å²) in [5, 5.41) is 0. The fraction of sp³-hybridized carbons (Fsp3) is 0.900. The highest BCUT2D eigenvalue weighted by Gasteiger charge is 2.44. The molecule has 0 radical (unpaired) electrons. The predicted octanol–water partition coefficient (Wildman–Crippen LogP) is 1.03. The minimum atomic E-state index is -0.0584. The molecule has 1 aliphatic carbocycles. The Morgan fingerprint density at radius 2 is 2.23 bits per heavy atom. The van der Waals surface area contributed by atoms with E-state index in [0.29, 0.717) is 6.04 Å². The molecule has 0 unspecified atom stereocenters. The summed E-state index contributed by atoms with van der Waals surface area (Å²) in [5.41, 5.74) is 0. The van der Waals surface area contributed by atoms with Crippen molar-refractivity contribution in [2.24, 2.45) is 5.92 Å². The van der Waals surface area contributed by atoms with Gasteiger partial charge in [0.25, 0.3) is 0 Å². The first-order valence-electron chi connectivity index (χ1n) is 5.04. The van der Waals surface area contributed by atoms with Gasteiger partial charge < -0.3 is 4.74 Å². The Balaban J connectivity index is 2.06. The normalized spacial score (nSPS) is 39.1. The van der Waals surface area contributed by atoms with E-state index in [1.54, 1.807) is 0 Å². The maximum Gasteiger partial charge on any atom is 0.323 e. The van der Waals surface area contributed by atoms with Crippen LogP contribution in [0.5, 0.6) is 0 Å². The molecule has 0 aromatic rings. The van der Waals surface area contributed by atoms with Crippen LogP contribution in [0.15, 0.2) is 0 Å². The molecule has 1 saturated carbocycles. The van der Waals surface area contributed by atoms with Gasteiger partial charge in [-0.25, -0.2) is 0 Å². The summed E-state index contributed by atoms with van der Waals surface area (Å²) in [6, 6.07) is 0.671. The van der Waals surface area contributed by atoms with Crippen molar-refractivity contribution >= 4 is 5.97 Å². The minimum Gasteiger partial charge on any atom is -0.468 e. The molecule has 0 spiro atoms. The molecule has 0 amide bonds. The molecule has 1 saturated heterocycles. The van der Waals surface area contributed by atoms with E-state index < -0.39 is 0 Å². The Morgan fingerprint density at radius 3 is 2.85 bits per heavy atom. The van der Waals surface area contributed by atoms with Crippen molar-refractivity contribution in [1.29, 1.82) is 0 Å². The molecule has 3 nitrogen and oxygen atoms in total. The van der Waals surface area contributed by atoms with Gasteiger partial charge in [-0.1, -0.05) is 6.42 Å². The van der Waals surface area contributed by atoms with Crippen molar-refractivity contribution in [3.8, 4) is 0 Å². The average Bonchev–Trinajstić information content (AvgIpc) is 2.68. The number of esters is 1. The molecule has 0 N–H and O–H groups in total. The number of hydrogen-bond acceptors (Lipinski definition) is 3. The van der Waals surface area contributed by atoms with Crippen molar-refractivity contribution < 1.29 is 9.53 Å². The lowest BCUT2D eigenvalue weighted by molar-refractivity contribution is -0.145. The van der Waals surface area contributed by atoms with Crippen molar-refractivity contribution in [1.82, 2.24) is 4.90 Å². The summed E-state index contributed by atoms with van der Waals surface area (Å²) >= 11 is 0. The first kappa shape index (κ1) is 9.00. The number of likely N-dealkylation sites (N-methyl/N-ethyl adjacent to an activating group) is 1. The van der Waals surface area contributed by atoms with Crippen LogP contribution in [-0.4, -0.2) is 37.1 Å². The van der Waals surface area contributed by atoms with E-state index in [4.69, 9.17) is 4.74 Å². The van der Waals surface area contributed by atoms with Gasteiger partial charge in [0, 0.05) is 6.04 Å². The van der Waals surface area contributed by atoms with Gasteiger partial charge in [-0.15, -0.1) is 0 Å². The van der Waals surface area contributed by atoms with Crippen LogP contribution >= 0.6 is 0 Å². The average molecular weight is 183 g/mol. The molecular weight excluding hydrogens is 166 g/mol. The minimum absolute atomic E-state index is 0.0281. The number of hydrogen-bond donors (Lipinski definition) is 0. The lowest BCUT2D eigenvalue weighted by Gasteiger charge is -2.22. The van der Waals surface area contributed by atoms with Gasteiger partial charge in [-0.05, 0) is 32.2 Å². The summed E-state index contributed by atoms with van der Waals surface area (Å²) in [6.45, 7) is 0. The van der Waals surface area contributed by atoms with Crippen molar-refractivity contribution in [2.45, 2.75) is 37.8 Å². The standard InChI is InChI=1S/C10H17NO2/c1-11-8-5-3-4-7(8)6-9(11)10(12)13-2/h7-9H,3-6H2,1-2H3/t7-,8-,9-/m0/s1. The fourth-order valence-corrected chi connectivity index (χ4v) is 2.91. The Bertz CT molecular complexity index is 217. The molecule has 13 heavy (non-hydrogen) atoms. The van der Waals surface area contributed by atoms with E-state index in [2.05, 4.69) is 11.9 Å². The van der Waals surface area contributed by atoms with E-state index in [1.165, 1.54) is 26.4 Å². The zero-order valence-corrected chi connectivity index (χ0v) is 8.32. The third kappa shape index (κ3) is 1.35. The zero-order valence-electron chi connectivity index (χ0n) is 8.32. The quantitative estimate of drug-likeness (QED) is 0.569. The number of ether oxygens (including phenoxy) is 1. The molecular formula is C10H17NO2. The molecule has 2 fully saturated rings. The molecule has 74 valence electrons. The Labute approximate surface area is 79.0 Å². The molecule has 0 aromatic carbocycles. The van der Waals surface area contributed by atoms with Crippen molar-refractivity contribution in [3.63, 3.8) is 0 Å². The van der Waals surface area contributed by atoms with Gasteiger partial charge in [0.1, 0.15) is 6.04 Å². The molecule has 3 atom stereocenters. The number of fused-ring (bicyclic) bond motifs is 1. The predicted molar refractivity (Wildman–Crippen MR) is 49.3 cm³/mol. The highest BCUT2D eigenvalue weighted by atomic mass is 16.5. The summed E-state index contributed by atoms with van der Waals surface area (Å²) in [5.74, 6) is 0.686. The lowest BCUT2D eigenvalue weighted by atomic mass is 10.0. The van der Waals surface area contributed by atoms with Crippen molar-refractivity contribution in [2.75, 3.05) is 14.2 Å². The number of likely N-dealkylation sites (tertiary alicyclic amines) is 1. The third-order valence-electron chi connectivity index (χ3n) is 3.63. The highest BCUT2D eigenvalue weighted by Crippen LogP contribution is 2.40. The Morgan fingerprint density at radius 1 is 1.46 bits per heavy atom. The summed E-state index contributed by atoms with van der Waals surface area (Å²) in [4.78, 5) is 13.6. The van der Waals surface area contributed by atoms with E-state index in [9.17, 15) is 4.79 Å². The second-order valence-electron chi connectivity index (χ2n) is 4.20. The van der Waals surface area contributed by atoms with E-state index in [-0.39, 0.29) is 12.0 Å². The largest absolute Gasteiger partial charge is 0.468 e. The van der Waals surface area contributed by atoms with Crippen LogP contribution in [0.1, 0.15) is 25.7 Å². The van der Waals surface area contributed by atoms with Gasteiger partial charge in [-0.2, -0.15) is 0 Å². The van der Waals surface area contributed by atoms with Gasteiger partial charge in [0.05, 0.1) is 7.11 Å². The SMILES string of the molecule is COC(=O)[C@@H]1C[C@@H]2CCC[C@@H]2N1C. The van der Waals surface area contributed by atoms with Crippen LogP contribution in [0.4, 0.5) is 0 Å². The molecule has 2 rings (SSSR count). The number of carbonyl (C=O) groups excluding carboxylic acids is 1. The van der Waals surface area contributed by atoms with Crippen LogP contribution in [0.3, 0.4) is 0 Å². The van der Waals surface area contributed by atoms with Gasteiger partial charge in [0.2, 0.25) is 0 Å². The lowest BCUT2D eigenvalue weighted by Crippen LogP contribution is -2.38. The molecule has 2 aliphatic rings. The first-order chi connectivity index (χ1) is 6.24. The fourth-order valence-electron chi connectivity index (χ4n) is 2.91. The third-order valence-corrected chi connectivity index (χ3v) is 3.63. The smallest absolute Gasteiger partial charge is 0.323 e. The number of nitrogens with zero attached hydrogens (tertiary/aromatic N) is 1. The van der Waals surface area contributed by atoms with Crippen LogP contribution in [0.25, 0.3) is 0 Å².